The smallest absolute Gasteiger partial charge is 0.236 e. The van der Waals surface area contributed by atoms with E-state index in [-0.39, 0.29) is 5.91 Å². The van der Waals surface area contributed by atoms with Gasteiger partial charge in [-0.25, -0.2) is 0 Å². The monoisotopic (exact) mass is 271 g/mol. The first-order valence-electron chi connectivity index (χ1n) is 6.93. The van der Waals surface area contributed by atoms with Crippen LogP contribution in [0.5, 0.6) is 0 Å². The molecule has 1 aliphatic carbocycles. The maximum atomic E-state index is 12.1. The topological polar surface area (TPSA) is 35.6 Å². The molecule has 0 aromatic rings. The van der Waals surface area contributed by atoms with E-state index in [0.717, 1.165) is 26.2 Å². The lowest BCUT2D eigenvalue weighted by atomic mass is 10.2. The van der Waals surface area contributed by atoms with Gasteiger partial charge < -0.3 is 15.1 Å². The van der Waals surface area contributed by atoms with Crippen LogP contribution in [0.3, 0.4) is 0 Å². The van der Waals surface area contributed by atoms with Crippen LogP contribution in [0.1, 0.15) is 19.3 Å². The molecule has 1 heterocycles. The molecule has 1 aliphatic heterocycles. The van der Waals surface area contributed by atoms with Gasteiger partial charge in [0.2, 0.25) is 5.91 Å². The molecule has 0 spiro atoms. The van der Waals surface area contributed by atoms with Crippen molar-refractivity contribution in [3.05, 3.63) is 0 Å². The van der Waals surface area contributed by atoms with Crippen molar-refractivity contribution < 1.29 is 4.79 Å². The second kappa shape index (κ2) is 6.78. The predicted molar refractivity (Wildman–Crippen MR) is 77.0 cm³/mol. The number of nitrogens with one attached hydrogen (secondary N) is 1. The molecule has 1 N–H and O–H groups in total. The largest absolute Gasteiger partial charge is 0.339 e. The first kappa shape index (κ1) is 14.2. The minimum absolute atomic E-state index is 0.273. The van der Waals surface area contributed by atoms with Crippen LogP contribution in [0.2, 0.25) is 0 Å². The number of carbonyl (C=O) groups excluding carboxylic acids is 1. The number of piperazine rings is 1. The molecule has 0 bridgehead atoms. The molecule has 1 saturated carbocycles. The van der Waals surface area contributed by atoms with E-state index in [1.807, 2.05) is 16.7 Å². The number of thioether (sulfide) groups is 1. The average molecular weight is 271 g/mol. The first-order valence-corrected chi connectivity index (χ1v) is 8.22. The average Bonchev–Trinajstić information content (AvgIpc) is 2.84. The lowest BCUT2D eigenvalue weighted by molar-refractivity contribution is -0.131. The summed E-state index contributed by atoms with van der Waals surface area (Å²) in [5.41, 5.74) is 0. The highest BCUT2D eigenvalue weighted by Gasteiger charge is 2.27. The van der Waals surface area contributed by atoms with Crippen LogP contribution < -0.4 is 5.32 Å². The van der Waals surface area contributed by atoms with E-state index in [1.54, 1.807) is 0 Å². The normalized spacial score (nSPS) is 29.8. The van der Waals surface area contributed by atoms with Crippen LogP contribution in [0.15, 0.2) is 0 Å². The fourth-order valence-electron chi connectivity index (χ4n) is 2.83. The number of likely N-dealkylation sites (N-methyl/N-ethyl adjacent to an activating group) is 1. The minimum Gasteiger partial charge on any atom is -0.339 e. The summed E-state index contributed by atoms with van der Waals surface area (Å²) in [6.07, 6.45) is 5.99. The molecule has 2 rings (SSSR count). The van der Waals surface area contributed by atoms with E-state index >= 15 is 0 Å². The van der Waals surface area contributed by atoms with Crippen molar-refractivity contribution in [2.24, 2.45) is 0 Å². The summed E-state index contributed by atoms with van der Waals surface area (Å²) in [5.74, 6) is 0.273. The van der Waals surface area contributed by atoms with E-state index in [1.165, 1.54) is 19.3 Å². The van der Waals surface area contributed by atoms with Crippen LogP contribution in [-0.4, -0.2) is 73.0 Å². The molecular formula is C13H25N3OS. The summed E-state index contributed by atoms with van der Waals surface area (Å²) in [6.45, 7) is 4.29. The molecule has 2 aliphatic rings. The maximum Gasteiger partial charge on any atom is 0.236 e. The van der Waals surface area contributed by atoms with Crippen molar-refractivity contribution in [1.29, 1.82) is 0 Å². The molecule has 5 heteroatoms. The lowest BCUT2D eigenvalue weighted by Crippen LogP contribution is -2.50. The fraction of sp³-hybridized carbons (Fsp3) is 0.923. The standard InChI is InChI=1S/C13H25N3OS/c1-15-6-8-16(9-7-15)13(17)10-14-11-4-3-5-12(11)18-2/h11-12,14H,3-10H2,1-2H3. The summed E-state index contributed by atoms with van der Waals surface area (Å²) < 4.78 is 0. The van der Waals surface area contributed by atoms with Gasteiger partial charge in [-0.05, 0) is 26.1 Å². The van der Waals surface area contributed by atoms with Crippen molar-refractivity contribution in [2.75, 3.05) is 46.0 Å². The summed E-state index contributed by atoms with van der Waals surface area (Å²) in [7, 11) is 2.11. The van der Waals surface area contributed by atoms with Crippen LogP contribution in [0, 0.1) is 0 Å². The number of carbonyl (C=O) groups is 1. The van der Waals surface area contributed by atoms with Crippen LogP contribution in [0.25, 0.3) is 0 Å². The second-order valence-electron chi connectivity index (χ2n) is 5.38. The van der Waals surface area contributed by atoms with Gasteiger partial charge in [0.1, 0.15) is 0 Å². The van der Waals surface area contributed by atoms with Gasteiger partial charge in [0.05, 0.1) is 6.54 Å². The van der Waals surface area contributed by atoms with Crippen LogP contribution in [0.4, 0.5) is 0 Å². The number of hydrogen-bond acceptors (Lipinski definition) is 4. The van der Waals surface area contributed by atoms with Gasteiger partial charge in [-0.15, -0.1) is 0 Å². The van der Waals surface area contributed by atoms with Gasteiger partial charge in [0.15, 0.2) is 0 Å². The Balaban J connectivity index is 1.71. The Bertz CT molecular complexity index is 279. The van der Waals surface area contributed by atoms with E-state index in [9.17, 15) is 4.79 Å². The summed E-state index contributed by atoms with van der Waals surface area (Å²) in [4.78, 5) is 16.4. The highest BCUT2D eigenvalue weighted by atomic mass is 32.2. The molecular weight excluding hydrogens is 246 g/mol. The second-order valence-corrected chi connectivity index (χ2v) is 6.45. The Morgan fingerprint density at radius 2 is 2.00 bits per heavy atom. The third-order valence-electron chi connectivity index (χ3n) is 4.13. The van der Waals surface area contributed by atoms with Crippen LogP contribution >= 0.6 is 11.8 Å². The Labute approximate surface area is 114 Å². The summed E-state index contributed by atoms with van der Waals surface area (Å²) >= 11 is 1.93. The Morgan fingerprint density at radius 1 is 1.28 bits per heavy atom. The molecule has 1 saturated heterocycles. The zero-order valence-corrected chi connectivity index (χ0v) is 12.3. The first-order chi connectivity index (χ1) is 8.70. The van der Waals surface area contributed by atoms with Gasteiger partial charge in [-0.2, -0.15) is 11.8 Å². The highest BCUT2D eigenvalue weighted by Crippen LogP contribution is 2.28. The van der Waals surface area contributed by atoms with Crippen molar-refractivity contribution in [2.45, 2.75) is 30.6 Å². The molecule has 2 atom stereocenters. The molecule has 2 fully saturated rings. The van der Waals surface area contributed by atoms with Crippen molar-refractivity contribution >= 4 is 17.7 Å². The SMILES string of the molecule is CSC1CCCC1NCC(=O)N1CCN(C)CC1. The van der Waals surface area contributed by atoms with Gasteiger partial charge >= 0.3 is 0 Å². The van der Waals surface area contributed by atoms with E-state index in [4.69, 9.17) is 0 Å². The van der Waals surface area contributed by atoms with Gasteiger partial charge in [0.25, 0.3) is 0 Å². The quantitative estimate of drug-likeness (QED) is 0.814. The number of amides is 1. The zero-order valence-electron chi connectivity index (χ0n) is 11.5. The third-order valence-corrected chi connectivity index (χ3v) is 5.30. The fourth-order valence-corrected chi connectivity index (χ4v) is 3.79. The molecule has 2 unspecified atom stereocenters. The van der Waals surface area contributed by atoms with E-state index < -0.39 is 0 Å². The maximum absolute atomic E-state index is 12.1. The molecule has 0 aromatic carbocycles. The third kappa shape index (κ3) is 3.62. The molecule has 18 heavy (non-hydrogen) atoms. The molecule has 0 aromatic heterocycles. The molecule has 4 nitrogen and oxygen atoms in total. The zero-order chi connectivity index (χ0) is 13.0. The van der Waals surface area contributed by atoms with Gasteiger partial charge in [-0.3, -0.25) is 4.79 Å². The van der Waals surface area contributed by atoms with Crippen molar-refractivity contribution in [1.82, 2.24) is 15.1 Å². The van der Waals surface area contributed by atoms with Crippen molar-refractivity contribution in [3.8, 4) is 0 Å². The van der Waals surface area contributed by atoms with Gasteiger partial charge in [-0.1, -0.05) is 6.42 Å². The number of rotatable bonds is 4. The number of nitrogens with zero attached hydrogens (tertiary/aromatic N) is 2. The van der Waals surface area contributed by atoms with Crippen LogP contribution in [-0.2, 0) is 4.79 Å². The summed E-state index contributed by atoms with van der Waals surface area (Å²) in [6, 6.07) is 0.538. The highest BCUT2D eigenvalue weighted by molar-refractivity contribution is 7.99. The van der Waals surface area contributed by atoms with E-state index in [0.29, 0.717) is 17.8 Å². The molecule has 1 amide bonds. The molecule has 0 radical (unpaired) electrons. The van der Waals surface area contributed by atoms with E-state index in [2.05, 4.69) is 23.5 Å². The number of hydrogen-bond donors (Lipinski definition) is 1. The predicted octanol–water partition coefficient (Wildman–Crippen LogP) is 0.634. The Morgan fingerprint density at radius 3 is 2.67 bits per heavy atom. The van der Waals surface area contributed by atoms with Gasteiger partial charge in [0, 0.05) is 37.5 Å². The lowest BCUT2D eigenvalue weighted by Gasteiger charge is -2.33. The summed E-state index contributed by atoms with van der Waals surface area (Å²) in [5, 5.41) is 4.16. The Hall–Kier alpha value is -0.260. The Kier molecular flexibility index (Phi) is 5.33. The minimum atomic E-state index is 0.273. The van der Waals surface area contributed by atoms with Crippen molar-refractivity contribution in [3.63, 3.8) is 0 Å². The molecule has 104 valence electrons.